The van der Waals surface area contributed by atoms with Gasteiger partial charge in [0.2, 0.25) is 0 Å². The molecule has 1 aliphatic rings. The smallest absolute Gasteiger partial charge is 0.267 e. The van der Waals surface area contributed by atoms with Gasteiger partial charge in [0.15, 0.2) is 0 Å². The largest absolute Gasteiger partial charge is 0.379 e. The van der Waals surface area contributed by atoms with E-state index in [1.807, 2.05) is 4.68 Å². The van der Waals surface area contributed by atoms with Gasteiger partial charge in [-0.2, -0.15) is 5.10 Å². The summed E-state index contributed by atoms with van der Waals surface area (Å²) in [5.41, 5.74) is 6.36. The Morgan fingerprint density at radius 2 is 2.41 bits per heavy atom. The zero-order valence-corrected chi connectivity index (χ0v) is 9.17. The Bertz CT molecular complexity index is 572. The Morgan fingerprint density at radius 1 is 1.53 bits per heavy atom. The number of hydrogen-bond donors (Lipinski definition) is 1. The van der Waals surface area contributed by atoms with E-state index in [1.165, 1.54) is 0 Å². The highest BCUT2D eigenvalue weighted by Crippen LogP contribution is 2.23. The molecule has 17 heavy (non-hydrogen) atoms. The van der Waals surface area contributed by atoms with E-state index >= 15 is 0 Å². The van der Waals surface area contributed by atoms with Gasteiger partial charge in [-0.1, -0.05) is 0 Å². The SMILES string of the molecule is NC(=O)c1cc2c(cn1)cnn2[C@H]1CCOC1. The Balaban J connectivity index is 2.11. The van der Waals surface area contributed by atoms with Crippen LogP contribution in [0.25, 0.3) is 10.9 Å². The number of ether oxygens (including phenoxy) is 1. The van der Waals surface area contributed by atoms with E-state index in [4.69, 9.17) is 10.5 Å². The highest BCUT2D eigenvalue weighted by atomic mass is 16.5. The summed E-state index contributed by atoms with van der Waals surface area (Å²) in [4.78, 5) is 15.1. The lowest BCUT2D eigenvalue weighted by Gasteiger charge is -2.09. The van der Waals surface area contributed by atoms with Crippen molar-refractivity contribution in [2.45, 2.75) is 12.5 Å². The van der Waals surface area contributed by atoms with Crippen molar-refractivity contribution in [3.8, 4) is 0 Å². The van der Waals surface area contributed by atoms with Gasteiger partial charge in [0.1, 0.15) is 5.69 Å². The Labute approximate surface area is 97.4 Å². The van der Waals surface area contributed by atoms with Crippen LogP contribution in [0.2, 0.25) is 0 Å². The topological polar surface area (TPSA) is 83.0 Å². The van der Waals surface area contributed by atoms with Crippen LogP contribution in [0.15, 0.2) is 18.5 Å². The number of fused-ring (bicyclic) bond motifs is 1. The number of primary amides is 1. The van der Waals surface area contributed by atoms with E-state index in [0.717, 1.165) is 23.9 Å². The van der Waals surface area contributed by atoms with Crippen LogP contribution >= 0.6 is 0 Å². The van der Waals surface area contributed by atoms with Crippen molar-refractivity contribution in [2.75, 3.05) is 13.2 Å². The highest BCUT2D eigenvalue weighted by Gasteiger charge is 2.20. The van der Waals surface area contributed by atoms with Gasteiger partial charge < -0.3 is 10.5 Å². The molecule has 1 saturated heterocycles. The molecule has 88 valence electrons. The Hall–Kier alpha value is -1.95. The second kappa shape index (κ2) is 3.81. The van der Waals surface area contributed by atoms with Crippen LogP contribution in [-0.4, -0.2) is 33.9 Å². The van der Waals surface area contributed by atoms with Crippen LogP contribution in [0.3, 0.4) is 0 Å². The summed E-state index contributed by atoms with van der Waals surface area (Å²) in [5.74, 6) is -0.526. The number of pyridine rings is 1. The lowest BCUT2D eigenvalue weighted by Crippen LogP contribution is -2.14. The molecule has 6 heteroatoms. The number of aromatic nitrogens is 3. The van der Waals surface area contributed by atoms with Gasteiger partial charge in [-0.3, -0.25) is 14.5 Å². The summed E-state index contributed by atoms with van der Waals surface area (Å²) in [7, 11) is 0. The predicted octanol–water partition coefficient (Wildman–Crippen LogP) is 0.492. The molecule has 0 aliphatic carbocycles. The van der Waals surface area contributed by atoms with Crippen molar-refractivity contribution >= 4 is 16.8 Å². The van der Waals surface area contributed by atoms with Crippen LogP contribution in [0, 0.1) is 0 Å². The van der Waals surface area contributed by atoms with Crippen LogP contribution in [0.5, 0.6) is 0 Å². The maximum Gasteiger partial charge on any atom is 0.267 e. The maximum atomic E-state index is 11.1. The average molecular weight is 232 g/mol. The molecular formula is C11H12N4O2. The van der Waals surface area contributed by atoms with Gasteiger partial charge in [-0.05, 0) is 12.5 Å². The van der Waals surface area contributed by atoms with Gasteiger partial charge in [-0.15, -0.1) is 0 Å². The summed E-state index contributed by atoms with van der Waals surface area (Å²) in [6.07, 6.45) is 4.30. The van der Waals surface area contributed by atoms with Crippen molar-refractivity contribution < 1.29 is 9.53 Å². The molecule has 0 unspecified atom stereocenters. The molecule has 3 rings (SSSR count). The van der Waals surface area contributed by atoms with E-state index in [0.29, 0.717) is 6.61 Å². The molecule has 2 aromatic rings. The van der Waals surface area contributed by atoms with Gasteiger partial charge >= 0.3 is 0 Å². The van der Waals surface area contributed by atoms with Crippen LogP contribution < -0.4 is 5.73 Å². The molecular weight excluding hydrogens is 220 g/mol. The summed E-state index contributed by atoms with van der Waals surface area (Å²) >= 11 is 0. The van der Waals surface area contributed by atoms with Gasteiger partial charge in [0.25, 0.3) is 5.91 Å². The maximum absolute atomic E-state index is 11.1. The third-order valence-corrected chi connectivity index (χ3v) is 2.98. The lowest BCUT2D eigenvalue weighted by atomic mass is 10.2. The molecule has 0 radical (unpaired) electrons. The quantitative estimate of drug-likeness (QED) is 0.816. The summed E-state index contributed by atoms with van der Waals surface area (Å²) in [6.45, 7) is 1.41. The van der Waals surface area contributed by atoms with E-state index < -0.39 is 5.91 Å². The molecule has 0 bridgehead atoms. The molecule has 1 fully saturated rings. The Kier molecular flexibility index (Phi) is 2.29. The minimum Gasteiger partial charge on any atom is -0.379 e. The van der Waals surface area contributed by atoms with Crippen molar-refractivity contribution in [1.82, 2.24) is 14.8 Å². The lowest BCUT2D eigenvalue weighted by molar-refractivity contribution is 0.0995. The van der Waals surface area contributed by atoms with Crippen molar-refractivity contribution in [1.29, 1.82) is 0 Å². The number of rotatable bonds is 2. The number of carbonyl (C=O) groups excluding carboxylic acids is 1. The number of hydrogen-bond acceptors (Lipinski definition) is 4. The fourth-order valence-corrected chi connectivity index (χ4v) is 2.08. The first-order valence-electron chi connectivity index (χ1n) is 5.46. The molecule has 6 nitrogen and oxygen atoms in total. The molecule has 0 saturated carbocycles. The molecule has 1 aliphatic heterocycles. The molecule has 0 aromatic carbocycles. The second-order valence-corrected chi connectivity index (χ2v) is 4.10. The standard InChI is InChI=1S/C11H12N4O2/c12-11(16)9-3-10-7(4-13-9)5-14-15(10)8-1-2-17-6-8/h3-5,8H,1-2,6H2,(H2,12,16)/t8-/m0/s1. The van der Waals surface area contributed by atoms with Gasteiger partial charge in [0.05, 0.1) is 24.4 Å². The van der Waals surface area contributed by atoms with Crippen LogP contribution in [0.1, 0.15) is 23.0 Å². The summed E-state index contributed by atoms with van der Waals surface area (Å²) < 4.78 is 7.22. The van der Waals surface area contributed by atoms with Crippen LogP contribution in [0.4, 0.5) is 0 Å². The minimum absolute atomic E-state index is 0.232. The van der Waals surface area contributed by atoms with Crippen molar-refractivity contribution in [3.63, 3.8) is 0 Å². The minimum atomic E-state index is -0.526. The molecule has 1 amide bonds. The van der Waals surface area contributed by atoms with Gasteiger partial charge in [-0.25, -0.2) is 0 Å². The molecule has 2 N–H and O–H groups in total. The first kappa shape index (κ1) is 10.2. The fourth-order valence-electron chi connectivity index (χ4n) is 2.08. The number of amides is 1. The van der Waals surface area contributed by atoms with E-state index in [-0.39, 0.29) is 11.7 Å². The third kappa shape index (κ3) is 1.66. The second-order valence-electron chi connectivity index (χ2n) is 4.10. The normalized spacial score (nSPS) is 19.9. The fraction of sp³-hybridized carbons (Fsp3) is 0.364. The highest BCUT2D eigenvalue weighted by molar-refractivity contribution is 5.94. The van der Waals surface area contributed by atoms with E-state index in [2.05, 4.69) is 10.1 Å². The van der Waals surface area contributed by atoms with Crippen LogP contribution in [-0.2, 0) is 4.74 Å². The number of carbonyl (C=O) groups is 1. The predicted molar refractivity (Wildman–Crippen MR) is 60.5 cm³/mol. The summed E-state index contributed by atoms with van der Waals surface area (Å²) in [6, 6.07) is 1.92. The molecule has 2 aromatic heterocycles. The first-order valence-corrected chi connectivity index (χ1v) is 5.46. The Morgan fingerprint density at radius 3 is 3.12 bits per heavy atom. The number of nitrogens with zero attached hydrogens (tertiary/aromatic N) is 3. The zero-order valence-electron chi connectivity index (χ0n) is 9.17. The van der Waals surface area contributed by atoms with E-state index in [9.17, 15) is 4.79 Å². The zero-order chi connectivity index (χ0) is 11.8. The summed E-state index contributed by atoms with van der Waals surface area (Å²) in [5, 5.41) is 5.23. The molecule has 1 atom stereocenters. The molecule has 0 spiro atoms. The van der Waals surface area contributed by atoms with Crippen molar-refractivity contribution in [2.24, 2.45) is 5.73 Å². The third-order valence-electron chi connectivity index (χ3n) is 2.98. The first-order chi connectivity index (χ1) is 8.25. The van der Waals surface area contributed by atoms with Crippen molar-refractivity contribution in [3.05, 3.63) is 24.2 Å². The number of nitrogens with two attached hydrogens (primary N) is 1. The average Bonchev–Trinajstić information content (AvgIpc) is 2.96. The molecule has 3 heterocycles. The van der Waals surface area contributed by atoms with E-state index in [1.54, 1.807) is 18.5 Å². The monoisotopic (exact) mass is 232 g/mol. The van der Waals surface area contributed by atoms with Gasteiger partial charge in [0, 0.05) is 18.2 Å².